The number of hydrogen-bond donors (Lipinski definition) is 0. The Hall–Kier alpha value is -2.92. The third kappa shape index (κ3) is 2.36. The van der Waals surface area contributed by atoms with Gasteiger partial charge in [0.05, 0.1) is 12.7 Å². The van der Waals surface area contributed by atoms with Gasteiger partial charge in [-0.3, -0.25) is 9.59 Å². The van der Waals surface area contributed by atoms with Gasteiger partial charge < -0.3 is 14.4 Å². The summed E-state index contributed by atoms with van der Waals surface area (Å²) in [5, 5.41) is 0. The van der Waals surface area contributed by atoms with Crippen molar-refractivity contribution in [3.05, 3.63) is 71.8 Å². The number of rotatable bonds is 4. The van der Waals surface area contributed by atoms with Crippen LogP contribution in [0, 0.1) is 0 Å². The molecule has 0 N–H and O–H groups in total. The molecule has 2 aromatic carbocycles. The van der Waals surface area contributed by atoms with Gasteiger partial charge in [-0.2, -0.15) is 0 Å². The number of Topliss-reactive ketones (excluding diaryl/α,β-unsaturated/α-hetero) is 1. The fourth-order valence-corrected chi connectivity index (χ4v) is 3.21. The number of methoxy groups -OCH3 is 2. The van der Waals surface area contributed by atoms with E-state index >= 15 is 0 Å². The maximum absolute atomic E-state index is 13.3. The summed E-state index contributed by atoms with van der Waals surface area (Å²) in [6, 6.07) is 13.9. The maximum Gasteiger partial charge on any atom is 0.257 e. The lowest BCUT2D eigenvalue weighted by Crippen LogP contribution is -2.60. The standard InChI is InChI=1S/C20H19NO4/c1-13(14-9-11-15(24-3)12-10-14)20(25-4)18(22)16-7-5-6-8-17(16)19(23)21(20)2/h5-12H,1H2,2-4H3. The van der Waals surface area contributed by atoms with E-state index in [-0.39, 0.29) is 11.7 Å². The monoisotopic (exact) mass is 337 g/mol. The minimum Gasteiger partial charge on any atom is -0.497 e. The summed E-state index contributed by atoms with van der Waals surface area (Å²) in [6.07, 6.45) is 0. The van der Waals surface area contributed by atoms with E-state index in [1.807, 2.05) is 0 Å². The average Bonchev–Trinajstić information content (AvgIpc) is 2.67. The zero-order valence-electron chi connectivity index (χ0n) is 14.4. The zero-order chi connectivity index (χ0) is 18.2. The second-order valence-electron chi connectivity index (χ2n) is 5.79. The van der Waals surface area contributed by atoms with Gasteiger partial charge in [-0.1, -0.05) is 36.9 Å². The van der Waals surface area contributed by atoms with Gasteiger partial charge in [-0.15, -0.1) is 0 Å². The van der Waals surface area contributed by atoms with Crippen LogP contribution < -0.4 is 4.74 Å². The van der Waals surface area contributed by atoms with Crippen molar-refractivity contribution in [1.82, 2.24) is 4.90 Å². The molecule has 0 saturated heterocycles. The number of amides is 1. The van der Waals surface area contributed by atoms with Crippen molar-refractivity contribution in [2.75, 3.05) is 21.3 Å². The van der Waals surface area contributed by atoms with Crippen molar-refractivity contribution < 1.29 is 19.1 Å². The summed E-state index contributed by atoms with van der Waals surface area (Å²) >= 11 is 0. The highest BCUT2D eigenvalue weighted by Crippen LogP contribution is 2.39. The van der Waals surface area contributed by atoms with Gasteiger partial charge in [0.15, 0.2) is 0 Å². The molecule has 5 heteroatoms. The second-order valence-corrected chi connectivity index (χ2v) is 5.79. The number of fused-ring (bicyclic) bond motifs is 1. The van der Waals surface area contributed by atoms with Gasteiger partial charge in [-0.05, 0) is 23.8 Å². The Morgan fingerprint density at radius 1 is 1.00 bits per heavy atom. The van der Waals surface area contributed by atoms with Crippen LogP contribution in [0.3, 0.4) is 0 Å². The fourth-order valence-electron chi connectivity index (χ4n) is 3.21. The van der Waals surface area contributed by atoms with Crippen LogP contribution in [0.2, 0.25) is 0 Å². The number of ether oxygens (including phenoxy) is 2. The van der Waals surface area contributed by atoms with E-state index in [1.165, 1.54) is 12.0 Å². The zero-order valence-corrected chi connectivity index (χ0v) is 14.4. The molecule has 2 aromatic rings. The van der Waals surface area contributed by atoms with E-state index in [0.717, 1.165) is 0 Å². The van der Waals surface area contributed by atoms with E-state index in [9.17, 15) is 9.59 Å². The molecule has 0 spiro atoms. The van der Waals surface area contributed by atoms with Crippen LogP contribution in [0.5, 0.6) is 5.75 Å². The largest absolute Gasteiger partial charge is 0.497 e. The van der Waals surface area contributed by atoms with E-state index in [2.05, 4.69) is 6.58 Å². The molecule has 0 aromatic heterocycles. The fraction of sp³-hybridized carbons (Fsp3) is 0.200. The lowest BCUT2D eigenvalue weighted by Gasteiger charge is -2.43. The molecule has 1 aliphatic rings. The first-order valence-electron chi connectivity index (χ1n) is 7.78. The highest BCUT2D eigenvalue weighted by Gasteiger charge is 2.52. The van der Waals surface area contributed by atoms with E-state index in [1.54, 1.807) is 62.7 Å². The van der Waals surface area contributed by atoms with Crippen LogP contribution in [0.15, 0.2) is 55.1 Å². The number of benzene rings is 2. The van der Waals surface area contributed by atoms with Crippen molar-refractivity contribution >= 4 is 17.3 Å². The number of hydrogen-bond acceptors (Lipinski definition) is 4. The van der Waals surface area contributed by atoms with Crippen LogP contribution in [0.25, 0.3) is 5.57 Å². The molecule has 1 atom stereocenters. The normalized spacial score (nSPS) is 19.6. The molecule has 25 heavy (non-hydrogen) atoms. The quantitative estimate of drug-likeness (QED) is 0.860. The third-order valence-corrected chi connectivity index (χ3v) is 4.63. The number of ketones is 1. The number of likely N-dealkylation sites (N-methyl/N-ethyl adjacent to an activating group) is 1. The molecule has 5 nitrogen and oxygen atoms in total. The van der Waals surface area contributed by atoms with E-state index in [4.69, 9.17) is 9.47 Å². The van der Waals surface area contributed by atoms with Crippen LogP contribution in [0.1, 0.15) is 26.3 Å². The molecule has 128 valence electrons. The molecule has 0 fully saturated rings. The Morgan fingerprint density at radius 3 is 2.16 bits per heavy atom. The lowest BCUT2D eigenvalue weighted by molar-refractivity contribution is -0.0429. The van der Waals surface area contributed by atoms with Gasteiger partial charge in [0, 0.05) is 25.3 Å². The second kappa shape index (κ2) is 6.18. The minimum atomic E-state index is -1.58. The first-order valence-corrected chi connectivity index (χ1v) is 7.78. The maximum atomic E-state index is 13.3. The minimum absolute atomic E-state index is 0.285. The molecule has 0 bridgehead atoms. The third-order valence-electron chi connectivity index (χ3n) is 4.63. The van der Waals surface area contributed by atoms with Crippen LogP contribution in [-0.4, -0.2) is 43.6 Å². The first-order chi connectivity index (χ1) is 12.0. The SMILES string of the molecule is C=C(c1ccc(OC)cc1)C1(OC)C(=O)c2ccccc2C(=O)N1C. The highest BCUT2D eigenvalue weighted by molar-refractivity contribution is 6.21. The first kappa shape index (κ1) is 16.9. The molecular weight excluding hydrogens is 318 g/mol. The summed E-state index contributed by atoms with van der Waals surface area (Å²) in [5.41, 5.74) is 0.204. The molecule has 0 saturated carbocycles. The Labute approximate surface area is 146 Å². The molecule has 1 aliphatic heterocycles. The highest BCUT2D eigenvalue weighted by atomic mass is 16.5. The van der Waals surface area contributed by atoms with Gasteiger partial charge in [-0.25, -0.2) is 0 Å². The molecule has 1 heterocycles. The Bertz CT molecular complexity index is 856. The Balaban J connectivity index is 2.14. The van der Waals surface area contributed by atoms with Crippen molar-refractivity contribution in [2.45, 2.75) is 5.72 Å². The number of carbonyl (C=O) groups is 2. The van der Waals surface area contributed by atoms with Crippen molar-refractivity contribution in [2.24, 2.45) is 0 Å². The van der Waals surface area contributed by atoms with Gasteiger partial charge in [0.1, 0.15) is 5.75 Å². The summed E-state index contributed by atoms with van der Waals surface area (Å²) in [5.74, 6) is 0.0907. The van der Waals surface area contributed by atoms with Crippen LogP contribution in [0.4, 0.5) is 0 Å². The van der Waals surface area contributed by atoms with E-state index < -0.39 is 5.72 Å². The lowest BCUT2D eigenvalue weighted by atomic mass is 9.83. The van der Waals surface area contributed by atoms with Crippen molar-refractivity contribution in [1.29, 1.82) is 0 Å². The molecule has 0 aliphatic carbocycles. The molecule has 1 unspecified atom stereocenters. The van der Waals surface area contributed by atoms with Gasteiger partial charge in [0.2, 0.25) is 11.5 Å². The van der Waals surface area contributed by atoms with E-state index in [0.29, 0.717) is 28.0 Å². The average molecular weight is 337 g/mol. The van der Waals surface area contributed by atoms with Crippen LogP contribution >= 0.6 is 0 Å². The Morgan fingerprint density at radius 2 is 1.60 bits per heavy atom. The summed E-state index contributed by atoms with van der Waals surface area (Å²) in [7, 11) is 4.53. The van der Waals surface area contributed by atoms with Gasteiger partial charge in [0.25, 0.3) is 5.91 Å². The molecular formula is C20H19NO4. The molecule has 1 amide bonds. The summed E-state index contributed by atoms with van der Waals surface area (Å²) in [4.78, 5) is 27.4. The van der Waals surface area contributed by atoms with Crippen molar-refractivity contribution in [3.63, 3.8) is 0 Å². The smallest absolute Gasteiger partial charge is 0.257 e. The molecule has 3 rings (SSSR count). The number of nitrogens with zero attached hydrogens (tertiary/aromatic N) is 1. The predicted molar refractivity (Wildman–Crippen MR) is 94.6 cm³/mol. The number of carbonyl (C=O) groups excluding carboxylic acids is 2. The predicted octanol–water partition coefficient (Wildman–Crippen LogP) is 3.02. The topological polar surface area (TPSA) is 55.8 Å². The summed E-state index contributed by atoms with van der Waals surface area (Å²) < 4.78 is 10.8. The summed E-state index contributed by atoms with van der Waals surface area (Å²) in [6.45, 7) is 4.07. The molecule has 0 radical (unpaired) electrons. The van der Waals surface area contributed by atoms with Crippen molar-refractivity contribution in [3.8, 4) is 5.75 Å². The van der Waals surface area contributed by atoms with Crippen LogP contribution in [-0.2, 0) is 4.74 Å². The van der Waals surface area contributed by atoms with Gasteiger partial charge >= 0.3 is 0 Å². The Kier molecular flexibility index (Phi) is 4.18.